The third kappa shape index (κ3) is 2.37. The molecule has 20 heavy (non-hydrogen) atoms. The zero-order chi connectivity index (χ0) is 14.1. The van der Waals surface area contributed by atoms with E-state index in [1.165, 1.54) is 0 Å². The molecule has 0 aliphatic carbocycles. The fourth-order valence-corrected chi connectivity index (χ4v) is 2.95. The van der Waals surface area contributed by atoms with E-state index in [0.717, 1.165) is 31.5 Å². The SMILES string of the molecule is Cc1nccc(CN2CC(=O)N3CCCCC3C2=O)n1. The predicted molar refractivity (Wildman–Crippen MR) is 71.5 cm³/mol. The van der Waals surface area contributed by atoms with Gasteiger partial charge >= 0.3 is 0 Å². The van der Waals surface area contributed by atoms with Crippen molar-refractivity contribution in [3.63, 3.8) is 0 Å². The zero-order valence-electron chi connectivity index (χ0n) is 11.6. The van der Waals surface area contributed by atoms with Crippen LogP contribution in [0.5, 0.6) is 0 Å². The van der Waals surface area contributed by atoms with Gasteiger partial charge < -0.3 is 9.80 Å². The lowest BCUT2D eigenvalue weighted by molar-refractivity contribution is -0.158. The molecule has 3 heterocycles. The Labute approximate surface area is 117 Å². The maximum atomic E-state index is 12.5. The Balaban J connectivity index is 1.77. The molecule has 6 heteroatoms. The molecule has 1 unspecified atom stereocenters. The Bertz CT molecular complexity index is 546. The highest BCUT2D eigenvalue weighted by molar-refractivity contribution is 5.95. The van der Waals surface area contributed by atoms with Crippen LogP contribution in [0.4, 0.5) is 0 Å². The first-order valence-electron chi connectivity index (χ1n) is 7.02. The van der Waals surface area contributed by atoms with Gasteiger partial charge in [0.25, 0.3) is 0 Å². The molecular weight excluding hydrogens is 256 g/mol. The minimum absolute atomic E-state index is 0.0556. The molecule has 106 valence electrons. The molecule has 0 bridgehead atoms. The highest BCUT2D eigenvalue weighted by atomic mass is 16.2. The van der Waals surface area contributed by atoms with Crippen LogP contribution in [-0.2, 0) is 16.1 Å². The number of aromatic nitrogens is 2. The van der Waals surface area contributed by atoms with Crippen LogP contribution in [0.3, 0.4) is 0 Å². The summed E-state index contributed by atoms with van der Waals surface area (Å²) in [5.41, 5.74) is 0.780. The number of carbonyl (C=O) groups is 2. The molecule has 0 N–H and O–H groups in total. The number of piperazine rings is 1. The Morgan fingerprint density at radius 3 is 3.00 bits per heavy atom. The summed E-state index contributed by atoms with van der Waals surface area (Å²) in [5, 5.41) is 0. The van der Waals surface area contributed by atoms with Crippen molar-refractivity contribution in [1.82, 2.24) is 19.8 Å². The lowest BCUT2D eigenvalue weighted by atomic mass is 9.98. The molecule has 2 aliphatic rings. The number of rotatable bonds is 2. The van der Waals surface area contributed by atoms with Gasteiger partial charge in [0.15, 0.2) is 0 Å². The maximum absolute atomic E-state index is 12.5. The second kappa shape index (κ2) is 5.19. The molecule has 0 spiro atoms. The smallest absolute Gasteiger partial charge is 0.246 e. The van der Waals surface area contributed by atoms with Gasteiger partial charge in [0.2, 0.25) is 11.8 Å². The lowest BCUT2D eigenvalue weighted by Gasteiger charge is -2.42. The van der Waals surface area contributed by atoms with Gasteiger partial charge in [-0.15, -0.1) is 0 Å². The van der Waals surface area contributed by atoms with E-state index in [1.54, 1.807) is 22.1 Å². The van der Waals surface area contributed by atoms with Crippen LogP contribution in [0.25, 0.3) is 0 Å². The Kier molecular flexibility index (Phi) is 3.38. The third-order valence-electron chi connectivity index (χ3n) is 3.93. The van der Waals surface area contributed by atoms with Crippen molar-refractivity contribution in [2.75, 3.05) is 13.1 Å². The molecule has 0 radical (unpaired) electrons. The van der Waals surface area contributed by atoms with Crippen molar-refractivity contribution < 1.29 is 9.59 Å². The van der Waals surface area contributed by atoms with Gasteiger partial charge in [-0.1, -0.05) is 0 Å². The number of carbonyl (C=O) groups excluding carboxylic acids is 2. The molecule has 6 nitrogen and oxygen atoms in total. The number of amides is 2. The Hall–Kier alpha value is -1.98. The third-order valence-corrected chi connectivity index (χ3v) is 3.93. The van der Waals surface area contributed by atoms with Crippen molar-refractivity contribution >= 4 is 11.8 Å². The minimum Gasteiger partial charge on any atom is -0.329 e. The average Bonchev–Trinajstić information content (AvgIpc) is 2.45. The number of fused-ring (bicyclic) bond motifs is 1. The summed E-state index contributed by atoms with van der Waals surface area (Å²) in [5.74, 6) is 0.790. The van der Waals surface area contributed by atoms with E-state index in [1.807, 2.05) is 6.92 Å². The highest BCUT2D eigenvalue weighted by Gasteiger charge is 2.40. The second-order valence-electron chi connectivity index (χ2n) is 5.39. The van der Waals surface area contributed by atoms with E-state index in [-0.39, 0.29) is 24.4 Å². The largest absolute Gasteiger partial charge is 0.329 e. The van der Waals surface area contributed by atoms with Crippen LogP contribution in [0.15, 0.2) is 12.3 Å². The Morgan fingerprint density at radius 2 is 2.20 bits per heavy atom. The van der Waals surface area contributed by atoms with E-state index in [2.05, 4.69) is 9.97 Å². The summed E-state index contributed by atoms with van der Waals surface area (Å²) in [4.78, 5) is 36.3. The second-order valence-corrected chi connectivity index (χ2v) is 5.39. The number of hydrogen-bond acceptors (Lipinski definition) is 4. The maximum Gasteiger partial charge on any atom is 0.246 e. The van der Waals surface area contributed by atoms with Gasteiger partial charge in [-0.05, 0) is 32.3 Å². The van der Waals surface area contributed by atoms with Crippen molar-refractivity contribution in [3.05, 3.63) is 23.8 Å². The van der Waals surface area contributed by atoms with Crippen LogP contribution in [0.1, 0.15) is 30.8 Å². The normalized spacial score (nSPS) is 22.9. The molecule has 0 saturated carbocycles. The number of aryl methyl sites for hydroxylation is 1. The van der Waals surface area contributed by atoms with Crippen molar-refractivity contribution in [1.29, 1.82) is 0 Å². The van der Waals surface area contributed by atoms with Crippen LogP contribution in [0.2, 0.25) is 0 Å². The van der Waals surface area contributed by atoms with Gasteiger partial charge in [-0.3, -0.25) is 9.59 Å². The fraction of sp³-hybridized carbons (Fsp3) is 0.571. The van der Waals surface area contributed by atoms with Crippen LogP contribution in [0, 0.1) is 6.92 Å². The standard InChI is InChI=1S/C14H18N4O2/c1-10-15-6-5-11(16-10)8-17-9-13(19)18-7-3-2-4-12(18)14(17)20/h5-6,12H,2-4,7-9H2,1H3. The molecule has 2 aliphatic heterocycles. The monoisotopic (exact) mass is 274 g/mol. The quantitative estimate of drug-likeness (QED) is 0.788. The van der Waals surface area contributed by atoms with Crippen molar-refractivity contribution in [2.24, 2.45) is 0 Å². The first kappa shape index (κ1) is 13.0. The highest BCUT2D eigenvalue weighted by Crippen LogP contribution is 2.23. The average molecular weight is 274 g/mol. The predicted octanol–water partition coefficient (Wildman–Crippen LogP) is 0.508. The zero-order valence-corrected chi connectivity index (χ0v) is 11.6. The van der Waals surface area contributed by atoms with E-state index >= 15 is 0 Å². The van der Waals surface area contributed by atoms with Gasteiger partial charge in [-0.25, -0.2) is 9.97 Å². The van der Waals surface area contributed by atoms with Crippen LogP contribution in [-0.4, -0.2) is 50.7 Å². The van der Waals surface area contributed by atoms with Crippen LogP contribution >= 0.6 is 0 Å². The molecule has 2 fully saturated rings. The molecule has 2 amide bonds. The number of hydrogen-bond donors (Lipinski definition) is 0. The van der Waals surface area contributed by atoms with Gasteiger partial charge in [0.05, 0.1) is 12.2 Å². The molecule has 1 atom stereocenters. The molecule has 1 aromatic rings. The van der Waals surface area contributed by atoms with E-state index in [0.29, 0.717) is 12.4 Å². The van der Waals surface area contributed by atoms with Gasteiger partial charge in [0, 0.05) is 12.7 Å². The summed E-state index contributed by atoms with van der Waals surface area (Å²) in [7, 11) is 0. The summed E-state index contributed by atoms with van der Waals surface area (Å²) >= 11 is 0. The van der Waals surface area contributed by atoms with Crippen LogP contribution < -0.4 is 0 Å². The number of piperidine rings is 1. The molecule has 1 aromatic heterocycles. The first-order valence-corrected chi connectivity index (χ1v) is 7.02. The van der Waals surface area contributed by atoms with Gasteiger partial charge in [-0.2, -0.15) is 0 Å². The fourth-order valence-electron chi connectivity index (χ4n) is 2.95. The van der Waals surface area contributed by atoms with Crippen molar-refractivity contribution in [2.45, 2.75) is 38.8 Å². The Morgan fingerprint density at radius 1 is 1.35 bits per heavy atom. The summed E-state index contributed by atoms with van der Waals surface area (Å²) in [6.07, 6.45) is 4.48. The topological polar surface area (TPSA) is 66.4 Å². The first-order chi connectivity index (χ1) is 9.65. The van der Waals surface area contributed by atoms with Crippen molar-refractivity contribution in [3.8, 4) is 0 Å². The molecule has 2 saturated heterocycles. The van der Waals surface area contributed by atoms with Gasteiger partial charge in [0.1, 0.15) is 18.4 Å². The lowest BCUT2D eigenvalue weighted by Crippen LogP contribution is -2.60. The molecule has 3 rings (SSSR count). The van der Waals surface area contributed by atoms with E-state index in [9.17, 15) is 9.59 Å². The summed E-state index contributed by atoms with van der Waals surface area (Å²) in [6.45, 7) is 3.09. The van der Waals surface area contributed by atoms with E-state index in [4.69, 9.17) is 0 Å². The molecule has 0 aromatic carbocycles. The number of nitrogens with zero attached hydrogens (tertiary/aromatic N) is 4. The van der Waals surface area contributed by atoms with E-state index < -0.39 is 0 Å². The molecular formula is C14H18N4O2. The summed E-state index contributed by atoms with van der Waals surface area (Å²) in [6, 6.07) is 1.53. The summed E-state index contributed by atoms with van der Waals surface area (Å²) < 4.78 is 0. The minimum atomic E-state index is -0.257.